The average Bonchev–Trinajstić information content (AvgIpc) is 3.05. The number of likely N-dealkylation sites (N-methyl/N-ethyl adjacent to an activating group) is 1. The van der Waals surface area contributed by atoms with E-state index in [4.69, 9.17) is 4.74 Å². The minimum atomic E-state index is -0.190. The Kier molecular flexibility index (Phi) is 5.27. The van der Waals surface area contributed by atoms with Gasteiger partial charge in [-0.05, 0) is 28.3 Å². The first-order valence-electron chi connectivity index (χ1n) is 9.68. The lowest BCUT2D eigenvalue weighted by Gasteiger charge is -2.32. The zero-order chi connectivity index (χ0) is 19.5. The fourth-order valence-corrected chi connectivity index (χ4v) is 4.32. The molecule has 0 N–H and O–H groups in total. The summed E-state index contributed by atoms with van der Waals surface area (Å²) in [5, 5.41) is 0. The molecule has 3 nitrogen and oxygen atoms in total. The molecule has 3 atom stereocenters. The SMILES string of the molecule is CO[C@H](c1cccc(-c2ccccc2)c1)[C@H]1[C@@H](c2ccccc2)CC(=O)N1C. The number of carbonyl (C=O) groups excluding carboxylic acids is 1. The number of ether oxygens (including phenoxy) is 1. The number of benzene rings is 3. The predicted molar refractivity (Wildman–Crippen MR) is 112 cm³/mol. The number of likely N-dealkylation sites (tertiary alicyclic amines) is 1. The molecule has 1 fully saturated rings. The van der Waals surface area contributed by atoms with Crippen molar-refractivity contribution in [2.75, 3.05) is 14.2 Å². The smallest absolute Gasteiger partial charge is 0.223 e. The van der Waals surface area contributed by atoms with Crippen molar-refractivity contribution in [2.24, 2.45) is 0 Å². The van der Waals surface area contributed by atoms with E-state index >= 15 is 0 Å². The largest absolute Gasteiger partial charge is 0.375 e. The third kappa shape index (κ3) is 3.46. The number of rotatable bonds is 5. The normalized spacial score (nSPS) is 20.4. The summed E-state index contributed by atoms with van der Waals surface area (Å²) in [6, 6.07) is 29.1. The summed E-state index contributed by atoms with van der Waals surface area (Å²) in [5.41, 5.74) is 4.61. The molecule has 142 valence electrons. The fourth-order valence-electron chi connectivity index (χ4n) is 4.32. The monoisotopic (exact) mass is 371 g/mol. The van der Waals surface area contributed by atoms with E-state index in [2.05, 4.69) is 48.5 Å². The Labute approximate surface area is 166 Å². The van der Waals surface area contributed by atoms with Gasteiger partial charge in [-0.1, -0.05) is 78.9 Å². The van der Waals surface area contributed by atoms with Crippen molar-refractivity contribution in [3.63, 3.8) is 0 Å². The van der Waals surface area contributed by atoms with Crippen LogP contribution in [0.2, 0.25) is 0 Å². The fraction of sp³-hybridized carbons (Fsp3) is 0.240. The molecule has 4 rings (SSSR count). The Bertz CT molecular complexity index is 939. The number of methoxy groups -OCH3 is 1. The molecule has 3 aromatic rings. The summed E-state index contributed by atoms with van der Waals surface area (Å²) < 4.78 is 5.99. The van der Waals surface area contributed by atoms with Crippen molar-refractivity contribution in [3.05, 3.63) is 96.1 Å². The molecular formula is C25H25NO2. The van der Waals surface area contributed by atoms with Crippen molar-refractivity contribution >= 4 is 5.91 Å². The van der Waals surface area contributed by atoms with Crippen molar-refractivity contribution in [2.45, 2.75) is 24.5 Å². The highest BCUT2D eigenvalue weighted by Crippen LogP contribution is 2.41. The van der Waals surface area contributed by atoms with E-state index in [0.29, 0.717) is 6.42 Å². The van der Waals surface area contributed by atoms with Crippen LogP contribution in [-0.4, -0.2) is 31.0 Å². The van der Waals surface area contributed by atoms with Gasteiger partial charge in [0.1, 0.15) is 6.10 Å². The second-order valence-electron chi connectivity index (χ2n) is 7.36. The average molecular weight is 371 g/mol. The van der Waals surface area contributed by atoms with Gasteiger partial charge in [0.2, 0.25) is 5.91 Å². The lowest BCUT2D eigenvalue weighted by atomic mass is 9.85. The summed E-state index contributed by atoms with van der Waals surface area (Å²) in [5.74, 6) is 0.282. The highest BCUT2D eigenvalue weighted by Gasteiger charge is 2.43. The van der Waals surface area contributed by atoms with Gasteiger partial charge in [0.15, 0.2) is 0 Å². The molecule has 0 unspecified atom stereocenters. The van der Waals surface area contributed by atoms with Crippen LogP contribution in [0.1, 0.15) is 29.6 Å². The molecule has 0 spiro atoms. The predicted octanol–water partition coefficient (Wildman–Crippen LogP) is 5.06. The minimum Gasteiger partial charge on any atom is -0.375 e. The molecule has 1 aliphatic heterocycles. The Balaban J connectivity index is 1.72. The van der Waals surface area contributed by atoms with Gasteiger partial charge in [-0.3, -0.25) is 4.79 Å². The van der Waals surface area contributed by atoms with Crippen molar-refractivity contribution in [1.29, 1.82) is 0 Å². The quantitative estimate of drug-likeness (QED) is 0.628. The van der Waals surface area contributed by atoms with Crippen LogP contribution in [0.5, 0.6) is 0 Å². The van der Waals surface area contributed by atoms with Gasteiger partial charge in [0.05, 0.1) is 6.04 Å². The lowest BCUT2D eigenvalue weighted by molar-refractivity contribution is -0.129. The Morgan fingerprint density at radius 3 is 2.21 bits per heavy atom. The Morgan fingerprint density at radius 1 is 0.893 bits per heavy atom. The topological polar surface area (TPSA) is 29.5 Å². The molecule has 1 aliphatic rings. The van der Waals surface area contributed by atoms with Gasteiger partial charge in [0, 0.05) is 26.5 Å². The molecule has 28 heavy (non-hydrogen) atoms. The summed E-state index contributed by atoms with van der Waals surface area (Å²) >= 11 is 0. The molecule has 3 heteroatoms. The molecule has 0 radical (unpaired) electrons. The Morgan fingerprint density at radius 2 is 1.54 bits per heavy atom. The summed E-state index contributed by atoms with van der Waals surface area (Å²) in [7, 11) is 3.63. The van der Waals surface area contributed by atoms with Crippen LogP contribution in [0.25, 0.3) is 11.1 Å². The van der Waals surface area contributed by atoms with E-state index in [-0.39, 0.29) is 24.0 Å². The van der Waals surface area contributed by atoms with Gasteiger partial charge in [-0.2, -0.15) is 0 Å². The molecular weight excluding hydrogens is 346 g/mol. The second kappa shape index (κ2) is 7.99. The Hall–Kier alpha value is -2.91. The van der Waals surface area contributed by atoms with Crippen molar-refractivity contribution in [3.8, 4) is 11.1 Å². The third-order valence-electron chi connectivity index (χ3n) is 5.76. The van der Waals surface area contributed by atoms with E-state index in [9.17, 15) is 4.79 Å². The first kappa shape index (κ1) is 18.5. The molecule has 3 aromatic carbocycles. The van der Waals surface area contributed by atoms with Gasteiger partial charge in [0.25, 0.3) is 0 Å². The third-order valence-corrected chi connectivity index (χ3v) is 5.76. The van der Waals surface area contributed by atoms with E-state index in [1.165, 1.54) is 11.1 Å². The number of amides is 1. The molecule has 0 bridgehead atoms. The van der Waals surface area contributed by atoms with E-state index in [1.54, 1.807) is 7.11 Å². The molecule has 0 saturated carbocycles. The molecule has 0 aromatic heterocycles. The highest BCUT2D eigenvalue weighted by molar-refractivity contribution is 5.80. The van der Waals surface area contributed by atoms with Crippen LogP contribution in [0.3, 0.4) is 0 Å². The summed E-state index contributed by atoms with van der Waals surface area (Å²) in [6.45, 7) is 0. The molecule has 0 aliphatic carbocycles. The highest BCUT2D eigenvalue weighted by atomic mass is 16.5. The van der Waals surface area contributed by atoms with Crippen LogP contribution >= 0.6 is 0 Å². The zero-order valence-corrected chi connectivity index (χ0v) is 16.3. The maximum absolute atomic E-state index is 12.6. The van der Waals surface area contributed by atoms with Crippen LogP contribution in [-0.2, 0) is 9.53 Å². The standard InChI is InChI=1S/C25H25NO2/c1-26-23(27)17-22(19-12-7-4-8-13-19)24(26)25(28-2)21-15-9-14-20(16-21)18-10-5-3-6-11-18/h3-16,22,24-25H,17H2,1-2H3/t22-,24-,25-/m1/s1. The van der Waals surface area contributed by atoms with Crippen LogP contribution in [0.15, 0.2) is 84.9 Å². The van der Waals surface area contributed by atoms with Gasteiger partial charge in [-0.15, -0.1) is 0 Å². The summed E-state index contributed by atoms with van der Waals surface area (Å²) in [6.07, 6.45) is 0.328. The number of nitrogens with zero attached hydrogens (tertiary/aromatic N) is 1. The molecule has 1 saturated heterocycles. The zero-order valence-electron chi connectivity index (χ0n) is 16.3. The van der Waals surface area contributed by atoms with Gasteiger partial charge < -0.3 is 9.64 Å². The van der Waals surface area contributed by atoms with Crippen LogP contribution < -0.4 is 0 Å². The lowest BCUT2D eigenvalue weighted by Crippen LogP contribution is -2.37. The van der Waals surface area contributed by atoms with Gasteiger partial charge in [-0.25, -0.2) is 0 Å². The van der Waals surface area contributed by atoms with Crippen LogP contribution in [0.4, 0.5) is 0 Å². The van der Waals surface area contributed by atoms with E-state index in [0.717, 1.165) is 11.1 Å². The maximum atomic E-state index is 12.6. The summed E-state index contributed by atoms with van der Waals surface area (Å²) in [4.78, 5) is 14.4. The van der Waals surface area contributed by atoms with Crippen molar-refractivity contribution in [1.82, 2.24) is 4.90 Å². The number of hydrogen-bond donors (Lipinski definition) is 0. The second-order valence-corrected chi connectivity index (χ2v) is 7.36. The van der Waals surface area contributed by atoms with Crippen molar-refractivity contribution < 1.29 is 9.53 Å². The minimum absolute atomic E-state index is 0.0362. The number of carbonyl (C=O) groups is 1. The van der Waals surface area contributed by atoms with E-state index < -0.39 is 0 Å². The molecule has 1 amide bonds. The maximum Gasteiger partial charge on any atom is 0.223 e. The first-order valence-corrected chi connectivity index (χ1v) is 9.68. The van der Waals surface area contributed by atoms with Crippen LogP contribution in [0, 0.1) is 0 Å². The first-order chi connectivity index (χ1) is 13.7. The number of hydrogen-bond acceptors (Lipinski definition) is 2. The van der Waals surface area contributed by atoms with E-state index in [1.807, 2.05) is 48.3 Å². The molecule has 1 heterocycles. The van der Waals surface area contributed by atoms with Gasteiger partial charge >= 0.3 is 0 Å².